The van der Waals surface area contributed by atoms with Gasteiger partial charge in [-0.25, -0.2) is 9.78 Å². The second-order valence-electron chi connectivity index (χ2n) is 9.43. The van der Waals surface area contributed by atoms with Crippen molar-refractivity contribution in [3.63, 3.8) is 0 Å². The fraction of sp³-hybridized carbons (Fsp3) is 0.692. The Morgan fingerprint density at radius 2 is 2.03 bits per heavy atom. The second-order valence-corrected chi connectivity index (χ2v) is 9.43. The number of aromatic nitrogens is 1. The molecule has 9 heteroatoms. The van der Waals surface area contributed by atoms with Crippen molar-refractivity contribution in [1.82, 2.24) is 10.3 Å². The quantitative estimate of drug-likeness (QED) is 0.486. The first-order valence-corrected chi connectivity index (χ1v) is 12.5. The zero-order valence-corrected chi connectivity index (χ0v) is 21.8. The molecule has 0 aliphatic carbocycles. The minimum absolute atomic E-state index is 0.0124. The van der Waals surface area contributed by atoms with E-state index in [9.17, 15) is 14.4 Å². The number of hydrogen-bond acceptors (Lipinski definition) is 8. The number of cyclic esters (lactones) is 1. The number of esters is 2. The molecule has 0 saturated carbocycles. The molecule has 35 heavy (non-hydrogen) atoms. The summed E-state index contributed by atoms with van der Waals surface area (Å²) in [4.78, 5) is 41.8. The van der Waals surface area contributed by atoms with E-state index in [0.717, 1.165) is 25.7 Å². The van der Waals surface area contributed by atoms with Gasteiger partial charge in [-0.1, -0.05) is 27.2 Å². The lowest BCUT2D eigenvalue weighted by molar-refractivity contribution is -0.156. The van der Waals surface area contributed by atoms with Gasteiger partial charge in [-0.2, -0.15) is 0 Å². The monoisotopic (exact) mass is 492 g/mol. The van der Waals surface area contributed by atoms with Crippen LogP contribution in [0.4, 0.5) is 0 Å². The predicted octanol–water partition coefficient (Wildman–Crippen LogP) is 4.08. The maximum absolute atomic E-state index is 13.1. The highest BCUT2D eigenvalue weighted by atomic mass is 16.6. The molecule has 1 fully saturated rings. The summed E-state index contributed by atoms with van der Waals surface area (Å²) in [6.45, 7) is 10.2. The normalized spacial score (nSPS) is 23.0. The van der Waals surface area contributed by atoms with Crippen molar-refractivity contribution in [2.45, 2.75) is 91.4 Å². The number of carbonyl (C=O) groups excluding carboxylic acids is 3. The van der Waals surface area contributed by atoms with E-state index in [1.54, 1.807) is 0 Å². The molecule has 0 spiro atoms. The summed E-state index contributed by atoms with van der Waals surface area (Å²) in [5.74, 6) is -1.05. The highest BCUT2D eigenvalue weighted by Gasteiger charge is 2.35. The Morgan fingerprint density at radius 3 is 2.66 bits per heavy atom. The molecule has 0 bridgehead atoms. The van der Waals surface area contributed by atoms with Gasteiger partial charge in [-0.15, -0.1) is 0 Å². The van der Waals surface area contributed by atoms with Crippen LogP contribution in [0.1, 0.15) is 83.6 Å². The van der Waals surface area contributed by atoms with Gasteiger partial charge in [0.1, 0.15) is 12.1 Å². The highest BCUT2D eigenvalue weighted by molar-refractivity contribution is 5.98. The van der Waals surface area contributed by atoms with Crippen LogP contribution >= 0.6 is 0 Å². The van der Waals surface area contributed by atoms with Gasteiger partial charge >= 0.3 is 11.9 Å². The zero-order valence-electron chi connectivity index (χ0n) is 21.8. The number of rotatable bonds is 10. The average Bonchev–Trinajstić information content (AvgIpc) is 2.85. The maximum Gasteiger partial charge on any atom is 0.328 e. The van der Waals surface area contributed by atoms with Crippen LogP contribution in [0.3, 0.4) is 0 Å². The summed E-state index contributed by atoms with van der Waals surface area (Å²) in [5, 5.41) is 2.73. The van der Waals surface area contributed by atoms with E-state index in [1.165, 1.54) is 26.3 Å². The third-order valence-electron chi connectivity index (χ3n) is 6.12. The molecule has 196 valence electrons. The van der Waals surface area contributed by atoms with E-state index in [0.29, 0.717) is 25.4 Å². The van der Waals surface area contributed by atoms with Crippen LogP contribution in [-0.2, 0) is 19.1 Å². The van der Waals surface area contributed by atoms with Gasteiger partial charge in [0.2, 0.25) is 5.75 Å². The van der Waals surface area contributed by atoms with Crippen molar-refractivity contribution in [2.75, 3.05) is 13.7 Å². The van der Waals surface area contributed by atoms with Crippen molar-refractivity contribution in [3.05, 3.63) is 18.0 Å². The molecule has 2 rings (SSSR count). The standard InChI is InChI=1S/C26H40N2O7/c1-7-15-33-21-10-8-9-20(26(31)34-17(4)19(21)12-11-16(2)3)28-25(30)23-24(35-18(5)29)22(32-6)13-14-27-23/h13-14,16-17,19-21H,7-12,15H2,1-6H3,(H,28,30). The number of ether oxygens (including phenoxy) is 4. The van der Waals surface area contributed by atoms with Crippen LogP contribution in [0.2, 0.25) is 0 Å². The Hall–Kier alpha value is -2.68. The van der Waals surface area contributed by atoms with Gasteiger partial charge < -0.3 is 24.3 Å². The van der Waals surface area contributed by atoms with Gasteiger partial charge in [0, 0.05) is 31.7 Å². The lowest BCUT2D eigenvalue weighted by atomic mass is 9.86. The fourth-order valence-corrected chi connectivity index (χ4v) is 4.29. The Balaban J connectivity index is 2.22. The molecule has 0 aromatic carbocycles. The summed E-state index contributed by atoms with van der Waals surface area (Å²) in [5.41, 5.74) is -0.140. The van der Waals surface area contributed by atoms with Crippen molar-refractivity contribution in [2.24, 2.45) is 11.8 Å². The third kappa shape index (κ3) is 8.49. The van der Waals surface area contributed by atoms with Crippen LogP contribution in [0, 0.1) is 11.8 Å². The molecule has 0 radical (unpaired) electrons. The predicted molar refractivity (Wildman–Crippen MR) is 130 cm³/mol. The van der Waals surface area contributed by atoms with E-state index < -0.39 is 23.9 Å². The van der Waals surface area contributed by atoms with Crippen molar-refractivity contribution in [1.29, 1.82) is 0 Å². The number of carbonyl (C=O) groups is 3. The molecular formula is C26H40N2O7. The molecule has 1 aliphatic rings. The SMILES string of the molecule is CCCOC1CCCC(NC(=O)c2nccc(OC)c2OC(C)=O)C(=O)OC(C)C1CCC(C)C. The number of pyridine rings is 1. The summed E-state index contributed by atoms with van der Waals surface area (Å²) in [7, 11) is 1.40. The van der Waals surface area contributed by atoms with Gasteiger partial charge in [0.05, 0.1) is 13.2 Å². The smallest absolute Gasteiger partial charge is 0.328 e. The van der Waals surface area contributed by atoms with Gasteiger partial charge in [-0.05, 0) is 44.9 Å². The summed E-state index contributed by atoms with van der Waals surface area (Å²) < 4.78 is 22.4. The van der Waals surface area contributed by atoms with Crippen molar-refractivity contribution in [3.8, 4) is 11.5 Å². The summed E-state index contributed by atoms with van der Waals surface area (Å²) >= 11 is 0. The Bertz CT molecular complexity index is 858. The minimum atomic E-state index is -0.862. The van der Waals surface area contributed by atoms with E-state index in [2.05, 4.69) is 31.1 Å². The van der Waals surface area contributed by atoms with Crippen LogP contribution in [0.25, 0.3) is 0 Å². The molecule has 4 atom stereocenters. The summed E-state index contributed by atoms with van der Waals surface area (Å²) in [6, 6.07) is 0.623. The first-order valence-electron chi connectivity index (χ1n) is 12.5. The molecule has 1 aliphatic heterocycles. The van der Waals surface area contributed by atoms with Crippen molar-refractivity contribution < 1.29 is 33.3 Å². The third-order valence-corrected chi connectivity index (χ3v) is 6.12. The zero-order chi connectivity index (χ0) is 26.0. The molecule has 1 saturated heterocycles. The molecule has 1 aromatic heterocycles. The van der Waals surface area contributed by atoms with Crippen LogP contribution in [0.15, 0.2) is 12.3 Å². The lowest BCUT2D eigenvalue weighted by Crippen LogP contribution is -2.44. The number of methoxy groups -OCH3 is 1. The number of hydrogen-bond donors (Lipinski definition) is 1. The Morgan fingerprint density at radius 1 is 1.29 bits per heavy atom. The van der Waals surface area contributed by atoms with Crippen LogP contribution in [-0.4, -0.2) is 54.8 Å². The van der Waals surface area contributed by atoms with E-state index in [-0.39, 0.29) is 35.3 Å². The van der Waals surface area contributed by atoms with Crippen LogP contribution < -0.4 is 14.8 Å². The van der Waals surface area contributed by atoms with Gasteiger partial charge in [-0.3, -0.25) is 9.59 Å². The Labute approximate surface area is 208 Å². The van der Waals surface area contributed by atoms with E-state index in [1.807, 2.05) is 6.92 Å². The number of amides is 1. The topological polar surface area (TPSA) is 113 Å². The number of nitrogens with zero attached hydrogens (tertiary/aromatic N) is 1. The molecule has 1 amide bonds. The first-order chi connectivity index (χ1) is 16.7. The number of nitrogens with one attached hydrogen (secondary N) is 1. The molecule has 1 N–H and O–H groups in total. The van der Waals surface area contributed by atoms with Crippen molar-refractivity contribution >= 4 is 17.8 Å². The highest BCUT2D eigenvalue weighted by Crippen LogP contribution is 2.31. The lowest BCUT2D eigenvalue weighted by Gasteiger charge is -2.31. The fourth-order valence-electron chi connectivity index (χ4n) is 4.29. The largest absolute Gasteiger partial charge is 0.493 e. The van der Waals surface area contributed by atoms with E-state index in [4.69, 9.17) is 18.9 Å². The maximum atomic E-state index is 13.1. The van der Waals surface area contributed by atoms with Gasteiger partial charge in [0.25, 0.3) is 5.91 Å². The average molecular weight is 493 g/mol. The van der Waals surface area contributed by atoms with E-state index >= 15 is 0 Å². The molecule has 1 aromatic rings. The Kier molecular flexibility index (Phi) is 11.4. The first kappa shape index (κ1) is 28.6. The molecule has 2 heterocycles. The summed E-state index contributed by atoms with van der Waals surface area (Å²) in [6.07, 6.45) is 5.68. The molecule has 9 nitrogen and oxygen atoms in total. The van der Waals surface area contributed by atoms with Gasteiger partial charge in [0.15, 0.2) is 11.4 Å². The minimum Gasteiger partial charge on any atom is -0.493 e. The molecule has 4 unspecified atom stereocenters. The molecular weight excluding hydrogens is 452 g/mol. The van der Waals surface area contributed by atoms with Crippen LogP contribution in [0.5, 0.6) is 11.5 Å². The second kappa shape index (κ2) is 14.0.